The zero-order valence-electron chi connectivity index (χ0n) is 25.2. The van der Waals surface area contributed by atoms with Crippen molar-refractivity contribution >= 4 is 50.7 Å². The number of sulfonamides is 1. The Kier molecular flexibility index (Phi) is 11.5. The number of hydrogen-bond acceptors (Lipinski definition) is 5. The molecule has 236 valence electrons. The summed E-state index contributed by atoms with van der Waals surface area (Å²) in [6.07, 6.45) is 0.169. The molecule has 2 amide bonds. The molecule has 4 aromatic rings. The molecule has 0 aliphatic rings. The second-order valence-corrected chi connectivity index (χ2v) is 13.0. The summed E-state index contributed by atoms with van der Waals surface area (Å²) >= 11 is 13.0. The smallest absolute Gasteiger partial charge is 0.264 e. The normalized spacial score (nSPS) is 11.8. The summed E-state index contributed by atoms with van der Waals surface area (Å²) in [5.41, 5.74) is 2.38. The molecule has 0 saturated carbocycles. The van der Waals surface area contributed by atoms with E-state index in [2.05, 4.69) is 5.32 Å². The summed E-state index contributed by atoms with van der Waals surface area (Å²) in [7, 11) is -2.75. The number of amides is 2. The molecule has 0 aliphatic carbocycles. The first-order valence-electron chi connectivity index (χ1n) is 14.3. The van der Waals surface area contributed by atoms with E-state index in [1.165, 1.54) is 24.1 Å². The van der Waals surface area contributed by atoms with Gasteiger partial charge in [-0.25, -0.2) is 8.42 Å². The average Bonchev–Trinajstić information content (AvgIpc) is 3.03. The van der Waals surface area contributed by atoms with Crippen LogP contribution in [0.2, 0.25) is 10.0 Å². The molecule has 0 bridgehead atoms. The van der Waals surface area contributed by atoms with Crippen molar-refractivity contribution in [2.75, 3.05) is 24.5 Å². The Morgan fingerprint density at radius 3 is 2.07 bits per heavy atom. The van der Waals surface area contributed by atoms with Gasteiger partial charge in [-0.05, 0) is 67.9 Å². The first-order chi connectivity index (χ1) is 21.5. The number of likely N-dealkylation sites (N-methyl/N-ethyl adjacent to an activating group) is 1. The molecule has 4 aromatic carbocycles. The molecule has 0 radical (unpaired) electrons. The summed E-state index contributed by atoms with van der Waals surface area (Å²) < 4.78 is 34.9. The maximum atomic E-state index is 14.4. The molecular formula is C34H35Cl2N3O5S. The van der Waals surface area contributed by atoms with Crippen molar-refractivity contribution in [2.45, 2.75) is 37.8 Å². The van der Waals surface area contributed by atoms with E-state index in [9.17, 15) is 18.0 Å². The number of carbonyl (C=O) groups excluding carboxylic acids is 2. The van der Waals surface area contributed by atoms with Crippen LogP contribution >= 0.6 is 23.2 Å². The quantitative estimate of drug-likeness (QED) is 0.181. The highest BCUT2D eigenvalue weighted by atomic mass is 35.5. The molecule has 0 aliphatic heterocycles. The van der Waals surface area contributed by atoms with Crippen molar-refractivity contribution in [3.63, 3.8) is 0 Å². The lowest BCUT2D eigenvalue weighted by molar-refractivity contribution is -0.139. The van der Waals surface area contributed by atoms with Crippen molar-refractivity contribution in [1.29, 1.82) is 0 Å². The van der Waals surface area contributed by atoms with E-state index in [1.807, 2.05) is 44.2 Å². The highest BCUT2D eigenvalue weighted by Gasteiger charge is 2.35. The minimum absolute atomic E-state index is 0.0163. The van der Waals surface area contributed by atoms with Crippen LogP contribution in [0.1, 0.15) is 23.6 Å². The van der Waals surface area contributed by atoms with Crippen LogP contribution in [-0.2, 0) is 32.6 Å². The number of carbonyl (C=O) groups is 2. The van der Waals surface area contributed by atoms with Crippen LogP contribution in [-0.4, -0.2) is 51.4 Å². The van der Waals surface area contributed by atoms with Gasteiger partial charge in [-0.2, -0.15) is 0 Å². The first-order valence-corrected chi connectivity index (χ1v) is 16.5. The zero-order chi connectivity index (χ0) is 32.6. The van der Waals surface area contributed by atoms with Gasteiger partial charge in [-0.1, -0.05) is 77.3 Å². The second-order valence-electron chi connectivity index (χ2n) is 10.3. The lowest BCUT2D eigenvalue weighted by Gasteiger charge is -2.34. The van der Waals surface area contributed by atoms with Gasteiger partial charge in [-0.15, -0.1) is 0 Å². The molecule has 0 fully saturated rings. The lowest BCUT2D eigenvalue weighted by atomic mass is 10.0. The molecule has 0 aromatic heterocycles. The van der Waals surface area contributed by atoms with E-state index in [0.29, 0.717) is 28.0 Å². The standard InChI is InChI=1S/C34H35Cl2N3O5S/c1-4-44-27-17-15-26(16-18-27)39(45(42,43)28-19-13-24(2)14-20-28)23-33(40)38(22-29-30(35)11-8-12-31(29)36)32(34(41)37-3)21-25-9-6-5-7-10-25/h5-20,32H,4,21-23H2,1-3H3,(H,37,41). The molecule has 8 nitrogen and oxygen atoms in total. The lowest BCUT2D eigenvalue weighted by Crippen LogP contribution is -2.53. The number of anilines is 1. The molecular weight excluding hydrogens is 633 g/mol. The third-order valence-corrected chi connectivity index (χ3v) is 9.73. The Balaban J connectivity index is 1.81. The second kappa shape index (κ2) is 15.3. The predicted molar refractivity (Wildman–Crippen MR) is 178 cm³/mol. The van der Waals surface area contributed by atoms with Crippen LogP contribution in [0.25, 0.3) is 0 Å². The number of benzene rings is 4. The van der Waals surface area contributed by atoms with Crippen LogP contribution < -0.4 is 14.4 Å². The average molecular weight is 669 g/mol. The molecule has 0 spiro atoms. The Morgan fingerprint density at radius 2 is 1.49 bits per heavy atom. The highest BCUT2D eigenvalue weighted by molar-refractivity contribution is 7.92. The first kappa shape index (κ1) is 33.8. The molecule has 4 rings (SSSR count). The fraction of sp³-hybridized carbons (Fsp3) is 0.235. The molecule has 1 N–H and O–H groups in total. The molecule has 11 heteroatoms. The Hall–Kier alpha value is -4.05. The largest absolute Gasteiger partial charge is 0.494 e. The summed E-state index contributed by atoms with van der Waals surface area (Å²) in [6, 6.07) is 26.1. The SMILES string of the molecule is CCOc1ccc(N(CC(=O)N(Cc2c(Cl)cccc2Cl)C(Cc2ccccc2)C(=O)NC)S(=O)(=O)c2ccc(C)cc2)cc1. The molecule has 0 saturated heterocycles. The molecule has 1 unspecified atom stereocenters. The van der Waals surface area contributed by atoms with Crippen LogP contribution in [0.5, 0.6) is 5.75 Å². The van der Waals surface area contributed by atoms with E-state index < -0.39 is 34.4 Å². The Bertz CT molecular complexity index is 1700. The number of nitrogens with one attached hydrogen (secondary N) is 1. The zero-order valence-corrected chi connectivity index (χ0v) is 27.6. The van der Waals surface area contributed by atoms with Crippen molar-refractivity contribution in [3.8, 4) is 5.75 Å². The summed E-state index contributed by atoms with van der Waals surface area (Å²) in [5, 5.41) is 3.28. The van der Waals surface area contributed by atoms with Crippen molar-refractivity contribution in [1.82, 2.24) is 10.2 Å². The number of rotatable bonds is 13. The van der Waals surface area contributed by atoms with Crippen LogP contribution in [0.3, 0.4) is 0 Å². The van der Waals surface area contributed by atoms with E-state index >= 15 is 0 Å². The van der Waals surface area contributed by atoms with Gasteiger partial charge in [0.25, 0.3) is 10.0 Å². The van der Waals surface area contributed by atoms with E-state index in [1.54, 1.807) is 54.6 Å². The number of halogens is 2. The third kappa shape index (κ3) is 8.36. The maximum absolute atomic E-state index is 14.4. The molecule has 0 heterocycles. The number of nitrogens with zero attached hydrogens (tertiary/aromatic N) is 2. The number of ether oxygens (including phenoxy) is 1. The number of aryl methyl sites for hydroxylation is 1. The highest BCUT2D eigenvalue weighted by Crippen LogP contribution is 2.30. The van der Waals surface area contributed by atoms with Crippen LogP contribution in [0, 0.1) is 6.92 Å². The van der Waals surface area contributed by atoms with Crippen molar-refractivity contribution in [3.05, 3.63) is 124 Å². The fourth-order valence-corrected chi connectivity index (χ4v) is 6.75. The predicted octanol–water partition coefficient (Wildman–Crippen LogP) is 6.28. The van der Waals surface area contributed by atoms with Crippen LogP contribution in [0.15, 0.2) is 102 Å². The van der Waals surface area contributed by atoms with E-state index in [0.717, 1.165) is 15.4 Å². The van der Waals surface area contributed by atoms with E-state index in [-0.39, 0.29) is 23.5 Å². The van der Waals surface area contributed by atoms with Gasteiger partial charge in [0, 0.05) is 35.6 Å². The summed E-state index contributed by atoms with van der Waals surface area (Å²) in [6.45, 7) is 3.40. The monoisotopic (exact) mass is 667 g/mol. The minimum atomic E-state index is -4.23. The summed E-state index contributed by atoms with van der Waals surface area (Å²) in [4.78, 5) is 29.2. The minimum Gasteiger partial charge on any atom is -0.494 e. The topological polar surface area (TPSA) is 96.0 Å². The van der Waals surface area contributed by atoms with Crippen LogP contribution in [0.4, 0.5) is 5.69 Å². The van der Waals surface area contributed by atoms with Gasteiger partial charge >= 0.3 is 0 Å². The molecule has 1 atom stereocenters. The maximum Gasteiger partial charge on any atom is 0.264 e. The van der Waals surface area contributed by atoms with Gasteiger partial charge in [0.2, 0.25) is 11.8 Å². The fourth-order valence-electron chi connectivity index (χ4n) is 4.82. The van der Waals surface area contributed by atoms with Gasteiger partial charge in [0.05, 0.1) is 17.2 Å². The van der Waals surface area contributed by atoms with E-state index in [4.69, 9.17) is 27.9 Å². The Labute approximate surface area is 274 Å². The van der Waals surface area contributed by atoms with Gasteiger partial charge in [0.15, 0.2) is 0 Å². The van der Waals surface area contributed by atoms with Gasteiger partial charge in [0.1, 0.15) is 18.3 Å². The summed E-state index contributed by atoms with van der Waals surface area (Å²) in [5.74, 6) is -0.498. The third-order valence-electron chi connectivity index (χ3n) is 7.23. The Morgan fingerprint density at radius 1 is 0.867 bits per heavy atom. The van der Waals surface area contributed by atoms with Gasteiger partial charge < -0.3 is 15.0 Å². The van der Waals surface area contributed by atoms with Crippen molar-refractivity contribution in [2.24, 2.45) is 0 Å². The van der Waals surface area contributed by atoms with Crippen molar-refractivity contribution < 1.29 is 22.7 Å². The molecule has 45 heavy (non-hydrogen) atoms. The van der Waals surface area contributed by atoms with Gasteiger partial charge in [-0.3, -0.25) is 13.9 Å². The number of hydrogen-bond donors (Lipinski definition) is 1.